The number of nitrogens with zero attached hydrogens (tertiary/aromatic N) is 4. The number of fused-ring (bicyclic) bond motifs is 3. The first-order valence-electron chi connectivity index (χ1n) is 7.57. The van der Waals surface area contributed by atoms with E-state index < -0.39 is 0 Å². The molecule has 1 amide bonds. The van der Waals surface area contributed by atoms with E-state index in [1.165, 1.54) is 0 Å². The molecule has 0 aromatic carbocycles. The number of pyridine rings is 1. The summed E-state index contributed by atoms with van der Waals surface area (Å²) in [7, 11) is 0. The molecule has 7 heteroatoms. The fourth-order valence-corrected chi connectivity index (χ4v) is 3.67. The van der Waals surface area contributed by atoms with E-state index in [9.17, 15) is 4.79 Å². The average molecular weight is 338 g/mol. The summed E-state index contributed by atoms with van der Waals surface area (Å²) in [5, 5.41) is 2.08. The van der Waals surface area contributed by atoms with Crippen LogP contribution in [0.25, 0.3) is 33.9 Å². The Labute approximate surface area is 141 Å². The van der Waals surface area contributed by atoms with Gasteiger partial charge in [0, 0.05) is 47.5 Å². The van der Waals surface area contributed by atoms with Gasteiger partial charge in [-0.05, 0) is 19.1 Å². The summed E-state index contributed by atoms with van der Waals surface area (Å²) in [5.41, 5.74) is 0.881. The molecule has 3 aromatic heterocycles. The zero-order chi connectivity index (χ0) is 16.5. The summed E-state index contributed by atoms with van der Waals surface area (Å²) in [4.78, 5) is 27.6. The van der Waals surface area contributed by atoms with Crippen LogP contribution in [0.4, 0.5) is 4.79 Å². The largest absolute Gasteiger partial charge is 0.449 e. The van der Waals surface area contributed by atoms with E-state index >= 15 is 0 Å². The van der Waals surface area contributed by atoms with Gasteiger partial charge in [-0.25, -0.2) is 14.8 Å². The van der Waals surface area contributed by atoms with Crippen LogP contribution in [0.2, 0.25) is 0 Å². The predicted octanol–water partition coefficient (Wildman–Crippen LogP) is 1.74. The number of hydrogen-bond donors (Lipinski definition) is 0. The van der Waals surface area contributed by atoms with Crippen LogP contribution in [-0.2, 0) is 4.74 Å². The Kier molecular flexibility index (Phi) is 3.70. The highest BCUT2D eigenvalue weighted by molar-refractivity contribution is 7.16. The number of amides is 1. The highest BCUT2D eigenvalue weighted by atomic mass is 32.1. The van der Waals surface area contributed by atoms with Crippen molar-refractivity contribution in [1.82, 2.24) is 19.9 Å². The van der Waals surface area contributed by atoms with Crippen molar-refractivity contribution in [3.05, 3.63) is 40.5 Å². The van der Waals surface area contributed by atoms with Crippen LogP contribution in [0, 0.1) is 0 Å². The minimum Gasteiger partial charge on any atom is -0.449 e. The average Bonchev–Trinajstić information content (AvgIpc) is 2.99. The molecule has 0 atom stereocenters. The summed E-state index contributed by atoms with van der Waals surface area (Å²) in [6, 6.07) is 3.80. The zero-order valence-corrected chi connectivity index (χ0v) is 13.8. The quantitative estimate of drug-likeness (QED) is 0.712. The molecule has 6 nitrogen and oxygen atoms in total. The van der Waals surface area contributed by atoms with Crippen LogP contribution in [-0.4, -0.2) is 39.1 Å². The minimum atomic E-state index is -0.334. The number of hydrogen-bond acceptors (Lipinski definition) is 6. The van der Waals surface area contributed by atoms with Crippen LogP contribution in [0.1, 0.15) is 6.92 Å². The zero-order valence-electron chi connectivity index (χ0n) is 13.0. The van der Waals surface area contributed by atoms with Crippen molar-refractivity contribution in [2.45, 2.75) is 6.92 Å². The third-order valence-electron chi connectivity index (χ3n) is 3.70. The first kappa shape index (κ1) is 14.8. The molecule has 0 radical (unpaired) electrons. The topological polar surface area (TPSA) is 68.2 Å². The number of rotatable bonds is 2. The van der Waals surface area contributed by atoms with Gasteiger partial charge in [0.05, 0.1) is 11.1 Å². The molecule has 120 valence electrons. The molecule has 0 aliphatic carbocycles. The number of carbonyl (C=O) groups excluding carboxylic acids is 1. The third-order valence-corrected chi connectivity index (χ3v) is 4.75. The maximum absolute atomic E-state index is 11.9. The minimum absolute atomic E-state index is 0.334. The molecule has 4 rings (SSSR count). The highest BCUT2D eigenvalue weighted by Crippen LogP contribution is 2.17. The fourth-order valence-electron chi connectivity index (χ4n) is 2.58. The SMILES string of the molecule is CCOC(=O)N1C=c2sc3nc(-c4cccnc4)ncc3c2=CC1. The summed E-state index contributed by atoms with van der Waals surface area (Å²) in [6.45, 7) is 2.65. The summed E-state index contributed by atoms with van der Waals surface area (Å²) >= 11 is 1.54. The summed E-state index contributed by atoms with van der Waals surface area (Å²) in [6.07, 6.45) is 8.81. The highest BCUT2D eigenvalue weighted by Gasteiger charge is 2.16. The Balaban J connectivity index is 1.80. The van der Waals surface area contributed by atoms with Crippen molar-refractivity contribution in [2.75, 3.05) is 13.2 Å². The first-order valence-corrected chi connectivity index (χ1v) is 8.39. The molecule has 0 bridgehead atoms. The lowest BCUT2D eigenvalue weighted by Gasteiger charge is -2.17. The van der Waals surface area contributed by atoms with Gasteiger partial charge in [0.25, 0.3) is 0 Å². The molecule has 1 aliphatic rings. The van der Waals surface area contributed by atoms with Crippen molar-refractivity contribution in [1.29, 1.82) is 0 Å². The Bertz CT molecular complexity index is 1030. The van der Waals surface area contributed by atoms with E-state index in [0.29, 0.717) is 19.0 Å². The van der Waals surface area contributed by atoms with E-state index in [4.69, 9.17) is 4.74 Å². The van der Waals surface area contributed by atoms with E-state index in [2.05, 4.69) is 15.0 Å². The number of thiophene rings is 1. The predicted molar refractivity (Wildman–Crippen MR) is 92.6 cm³/mol. The molecule has 0 spiro atoms. The van der Waals surface area contributed by atoms with Gasteiger partial charge in [0.1, 0.15) is 4.83 Å². The van der Waals surface area contributed by atoms with E-state index in [1.807, 2.05) is 30.6 Å². The van der Waals surface area contributed by atoms with Crippen LogP contribution in [0.5, 0.6) is 0 Å². The number of aromatic nitrogens is 3. The Morgan fingerprint density at radius 2 is 2.33 bits per heavy atom. The molecule has 0 saturated heterocycles. The van der Waals surface area contributed by atoms with Crippen LogP contribution in [0.3, 0.4) is 0 Å². The smallest absolute Gasteiger partial charge is 0.414 e. The van der Waals surface area contributed by atoms with E-state index in [0.717, 1.165) is 25.5 Å². The number of ether oxygens (including phenoxy) is 1. The monoisotopic (exact) mass is 338 g/mol. The Morgan fingerprint density at radius 3 is 3.12 bits per heavy atom. The maximum Gasteiger partial charge on any atom is 0.414 e. The second-order valence-electron chi connectivity index (χ2n) is 5.22. The summed E-state index contributed by atoms with van der Waals surface area (Å²) < 4.78 is 6.04. The van der Waals surface area contributed by atoms with Crippen molar-refractivity contribution in [2.24, 2.45) is 0 Å². The van der Waals surface area contributed by atoms with Gasteiger partial charge in [0.2, 0.25) is 0 Å². The molecule has 0 unspecified atom stereocenters. The molecule has 1 aliphatic heterocycles. The second-order valence-corrected chi connectivity index (χ2v) is 6.25. The first-order chi connectivity index (χ1) is 11.8. The lowest BCUT2D eigenvalue weighted by Crippen LogP contribution is -2.36. The lowest BCUT2D eigenvalue weighted by molar-refractivity contribution is 0.130. The maximum atomic E-state index is 11.9. The van der Waals surface area contributed by atoms with Crippen molar-refractivity contribution in [3.8, 4) is 11.4 Å². The second kappa shape index (κ2) is 6.01. The molecular weight excluding hydrogens is 324 g/mol. The Morgan fingerprint density at radius 1 is 1.42 bits per heavy atom. The molecule has 4 heterocycles. The normalized spacial score (nSPS) is 13.1. The van der Waals surface area contributed by atoms with E-state index in [-0.39, 0.29) is 6.09 Å². The molecule has 0 N–H and O–H groups in total. The molecule has 0 saturated carbocycles. The van der Waals surface area contributed by atoms with Crippen molar-refractivity contribution < 1.29 is 9.53 Å². The Hall–Kier alpha value is -2.80. The van der Waals surface area contributed by atoms with Crippen LogP contribution < -0.4 is 9.75 Å². The van der Waals surface area contributed by atoms with Gasteiger partial charge >= 0.3 is 6.09 Å². The number of carbonyl (C=O) groups is 1. The molecular formula is C17H14N4O2S. The van der Waals surface area contributed by atoms with Gasteiger partial charge < -0.3 is 4.74 Å². The van der Waals surface area contributed by atoms with E-state index in [1.54, 1.807) is 35.6 Å². The van der Waals surface area contributed by atoms with Gasteiger partial charge in [-0.15, -0.1) is 11.3 Å². The molecule has 3 aromatic rings. The van der Waals surface area contributed by atoms with Crippen LogP contribution >= 0.6 is 11.3 Å². The molecule has 24 heavy (non-hydrogen) atoms. The molecule has 0 fully saturated rings. The standard InChI is InChI=1S/C17H14N4O2S/c1-2-23-17(22)21-7-5-12-13-9-19-15(11-4-3-6-18-8-11)20-16(13)24-14(12)10-21/h3-6,8-10H,2,7H2,1H3. The van der Waals surface area contributed by atoms with Crippen molar-refractivity contribution >= 4 is 39.9 Å². The lowest BCUT2D eigenvalue weighted by atomic mass is 10.2. The van der Waals surface area contributed by atoms with Crippen LogP contribution in [0.15, 0.2) is 30.7 Å². The third kappa shape index (κ3) is 2.52. The fraction of sp³-hybridized carbons (Fsp3) is 0.176. The van der Waals surface area contributed by atoms with Gasteiger partial charge in [-0.3, -0.25) is 9.88 Å². The van der Waals surface area contributed by atoms with Gasteiger partial charge in [-0.2, -0.15) is 0 Å². The van der Waals surface area contributed by atoms with Crippen molar-refractivity contribution in [3.63, 3.8) is 0 Å². The van der Waals surface area contributed by atoms with Gasteiger partial charge in [-0.1, -0.05) is 6.08 Å². The van der Waals surface area contributed by atoms with Gasteiger partial charge in [0.15, 0.2) is 5.82 Å². The summed E-state index contributed by atoms with van der Waals surface area (Å²) in [5.74, 6) is 0.649.